The Morgan fingerprint density at radius 1 is 1.13 bits per heavy atom. The molecule has 0 amide bonds. The number of fused-ring (bicyclic) bond motifs is 2. The summed E-state index contributed by atoms with van der Waals surface area (Å²) < 4.78 is 43.7. The summed E-state index contributed by atoms with van der Waals surface area (Å²) in [5.74, 6) is 1.01. The first-order chi connectivity index (χ1) is 14.9. The lowest BCUT2D eigenvalue weighted by Crippen LogP contribution is -2.35. The second kappa shape index (κ2) is 7.66. The second-order valence-corrected chi connectivity index (χ2v) is 8.39. The molecule has 0 spiro atoms. The van der Waals surface area contributed by atoms with Gasteiger partial charge >= 0.3 is 6.18 Å². The summed E-state index contributed by atoms with van der Waals surface area (Å²) in [5, 5.41) is 11.0. The fourth-order valence-corrected chi connectivity index (χ4v) is 4.38. The van der Waals surface area contributed by atoms with E-state index in [1.165, 1.54) is 10.6 Å². The molecule has 2 atom stereocenters. The Morgan fingerprint density at radius 2 is 1.94 bits per heavy atom. The van der Waals surface area contributed by atoms with Crippen molar-refractivity contribution in [2.45, 2.75) is 43.9 Å². The summed E-state index contributed by atoms with van der Waals surface area (Å²) in [6, 6.07) is 2.58. The van der Waals surface area contributed by atoms with Crippen LogP contribution < -0.4 is 10.6 Å². The van der Waals surface area contributed by atoms with Crippen LogP contribution in [0.15, 0.2) is 41.7 Å². The minimum absolute atomic E-state index is 0.0226. The largest absolute Gasteiger partial charge is 0.433 e. The second-order valence-electron chi connectivity index (χ2n) is 7.57. The van der Waals surface area contributed by atoms with Gasteiger partial charge in [-0.3, -0.25) is 0 Å². The van der Waals surface area contributed by atoms with Gasteiger partial charge in [0.15, 0.2) is 17.2 Å². The van der Waals surface area contributed by atoms with E-state index in [-0.39, 0.29) is 23.5 Å². The zero-order chi connectivity index (χ0) is 21.6. The van der Waals surface area contributed by atoms with E-state index >= 15 is 0 Å². The van der Waals surface area contributed by atoms with Crippen molar-refractivity contribution in [2.75, 3.05) is 10.6 Å². The first-order valence-electron chi connectivity index (χ1n) is 9.80. The highest BCUT2D eigenvalue weighted by Gasteiger charge is 2.34. The van der Waals surface area contributed by atoms with Crippen molar-refractivity contribution < 1.29 is 13.2 Å². The van der Waals surface area contributed by atoms with E-state index in [4.69, 9.17) is 0 Å². The molecule has 1 fully saturated rings. The summed E-state index contributed by atoms with van der Waals surface area (Å²) in [6.07, 6.45) is 5.90. The smallest absolute Gasteiger partial charge is 0.367 e. The van der Waals surface area contributed by atoms with Gasteiger partial charge in [0.2, 0.25) is 0 Å². The average Bonchev–Trinajstić information content (AvgIpc) is 3.34. The standard InChI is InChI=1S/C19H18BrF3N8/c20-15-8-17-28-14(19(21,22)23)7-16(31(17)29-15)26-11-2-1-3-12(6-11)27-18-13-9-24-10-30(13)5-4-25-18/h4-5,7-12,26H,1-3,6H2,(H,25,27). The lowest BCUT2D eigenvalue weighted by molar-refractivity contribution is -0.141. The van der Waals surface area contributed by atoms with E-state index in [1.807, 2.05) is 10.6 Å². The van der Waals surface area contributed by atoms with Crippen molar-refractivity contribution in [3.63, 3.8) is 0 Å². The maximum absolute atomic E-state index is 13.3. The van der Waals surface area contributed by atoms with Gasteiger partial charge in [-0.1, -0.05) is 0 Å². The molecule has 1 saturated carbocycles. The first-order valence-corrected chi connectivity index (χ1v) is 10.6. The van der Waals surface area contributed by atoms with E-state index in [2.05, 4.69) is 46.6 Å². The molecule has 4 aromatic rings. The molecule has 2 N–H and O–H groups in total. The summed E-state index contributed by atoms with van der Waals surface area (Å²) in [6.45, 7) is 0. The van der Waals surface area contributed by atoms with Gasteiger partial charge in [-0.25, -0.2) is 15.0 Å². The number of aromatic nitrogens is 6. The SMILES string of the molecule is FC(F)(F)c1cc(NC2CCCC(Nc3nccn4cncc34)C2)n2nc(Br)cc2n1. The molecule has 5 rings (SSSR count). The molecule has 1 aliphatic carbocycles. The normalized spacial score (nSPS) is 19.7. The third-order valence-electron chi connectivity index (χ3n) is 5.39. The Labute approximate surface area is 183 Å². The summed E-state index contributed by atoms with van der Waals surface area (Å²) >= 11 is 3.22. The molecule has 2 unspecified atom stereocenters. The average molecular weight is 495 g/mol. The van der Waals surface area contributed by atoms with Crippen LogP contribution in [0.1, 0.15) is 31.4 Å². The van der Waals surface area contributed by atoms with Crippen LogP contribution in [0.2, 0.25) is 0 Å². The molecule has 1 aliphatic rings. The van der Waals surface area contributed by atoms with Gasteiger partial charge < -0.3 is 15.0 Å². The van der Waals surface area contributed by atoms with E-state index < -0.39 is 11.9 Å². The molecule has 0 aliphatic heterocycles. The van der Waals surface area contributed by atoms with E-state index in [0.717, 1.165) is 43.1 Å². The third kappa shape index (κ3) is 4.03. The van der Waals surface area contributed by atoms with Crippen LogP contribution >= 0.6 is 15.9 Å². The van der Waals surface area contributed by atoms with Crippen LogP contribution in [0.3, 0.4) is 0 Å². The van der Waals surface area contributed by atoms with Crippen molar-refractivity contribution in [1.82, 2.24) is 29.0 Å². The maximum Gasteiger partial charge on any atom is 0.433 e. The molecule has 0 radical (unpaired) electrons. The predicted molar refractivity (Wildman–Crippen MR) is 112 cm³/mol. The highest BCUT2D eigenvalue weighted by molar-refractivity contribution is 9.10. The molecule has 0 bridgehead atoms. The van der Waals surface area contributed by atoms with Crippen molar-refractivity contribution in [3.8, 4) is 0 Å². The highest BCUT2D eigenvalue weighted by Crippen LogP contribution is 2.32. The van der Waals surface area contributed by atoms with Gasteiger partial charge in [-0.15, -0.1) is 0 Å². The summed E-state index contributed by atoms with van der Waals surface area (Å²) in [4.78, 5) is 12.3. The molecular weight excluding hydrogens is 477 g/mol. The van der Waals surface area contributed by atoms with Crippen LogP contribution in [0.4, 0.5) is 24.8 Å². The Kier molecular flexibility index (Phi) is 4.95. The van der Waals surface area contributed by atoms with Crippen molar-refractivity contribution in [3.05, 3.63) is 47.3 Å². The van der Waals surface area contributed by atoms with Gasteiger partial charge in [-0.2, -0.15) is 22.8 Å². The monoisotopic (exact) mass is 494 g/mol. The van der Waals surface area contributed by atoms with Gasteiger partial charge in [0.25, 0.3) is 0 Å². The number of halogens is 4. The Morgan fingerprint density at radius 3 is 2.74 bits per heavy atom. The third-order valence-corrected chi connectivity index (χ3v) is 5.78. The highest BCUT2D eigenvalue weighted by atomic mass is 79.9. The maximum atomic E-state index is 13.3. The Bertz CT molecular complexity index is 1230. The van der Waals surface area contributed by atoms with Crippen LogP contribution in [0.25, 0.3) is 11.2 Å². The van der Waals surface area contributed by atoms with Gasteiger partial charge in [0, 0.05) is 36.6 Å². The molecule has 12 heteroatoms. The Hall–Kier alpha value is -2.89. The number of imidazole rings is 1. The van der Waals surface area contributed by atoms with Crippen LogP contribution in [0, 0.1) is 0 Å². The van der Waals surface area contributed by atoms with E-state index in [1.54, 1.807) is 18.7 Å². The van der Waals surface area contributed by atoms with Crippen LogP contribution in [-0.4, -0.2) is 41.1 Å². The van der Waals surface area contributed by atoms with Crippen LogP contribution in [0.5, 0.6) is 0 Å². The Balaban J connectivity index is 1.38. The van der Waals surface area contributed by atoms with Crippen molar-refractivity contribution in [2.24, 2.45) is 0 Å². The van der Waals surface area contributed by atoms with Gasteiger partial charge in [0.05, 0.1) is 12.5 Å². The topological polar surface area (TPSA) is 84.4 Å². The minimum Gasteiger partial charge on any atom is -0.367 e. The molecular formula is C19H18BrF3N8. The van der Waals surface area contributed by atoms with Gasteiger partial charge in [0.1, 0.15) is 15.9 Å². The lowest BCUT2D eigenvalue weighted by atomic mass is 9.91. The molecule has 8 nitrogen and oxygen atoms in total. The van der Waals surface area contributed by atoms with Gasteiger partial charge in [-0.05, 0) is 41.6 Å². The number of anilines is 2. The number of hydrogen-bond donors (Lipinski definition) is 2. The first kappa shape index (κ1) is 20.0. The fourth-order valence-electron chi connectivity index (χ4n) is 4.01. The predicted octanol–water partition coefficient (Wildman–Crippen LogP) is 4.39. The number of rotatable bonds is 4. The molecule has 162 valence electrons. The minimum atomic E-state index is -4.54. The quantitative estimate of drug-likeness (QED) is 0.437. The molecule has 4 aromatic heterocycles. The zero-order valence-corrected chi connectivity index (χ0v) is 17.7. The van der Waals surface area contributed by atoms with Crippen molar-refractivity contribution >= 4 is 38.7 Å². The van der Waals surface area contributed by atoms with Crippen molar-refractivity contribution in [1.29, 1.82) is 0 Å². The summed E-state index contributed by atoms with van der Waals surface area (Å²) in [5.41, 5.74) is 0.0629. The van der Waals surface area contributed by atoms with E-state index in [9.17, 15) is 13.2 Å². The number of nitrogens with zero attached hydrogens (tertiary/aromatic N) is 6. The molecule has 0 aromatic carbocycles. The number of alkyl halides is 3. The zero-order valence-electron chi connectivity index (χ0n) is 16.1. The molecule has 0 saturated heterocycles. The lowest BCUT2D eigenvalue weighted by Gasteiger charge is -2.31. The summed E-state index contributed by atoms with van der Waals surface area (Å²) in [7, 11) is 0. The number of nitrogens with one attached hydrogen (secondary N) is 2. The van der Waals surface area contributed by atoms with E-state index in [0.29, 0.717) is 4.60 Å². The number of hydrogen-bond acceptors (Lipinski definition) is 6. The van der Waals surface area contributed by atoms with Crippen LogP contribution in [-0.2, 0) is 6.18 Å². The fraction of sp³-hybridized carbons (Fsp3) is 0.368. The molecule has 31 heavy (non-hydrogen) atoms. The molecule has 4 heterocycles.